The Morgan fingerprint density at radius 3 is 2.36 bits per heavy atom. The molecule has 0 unspecified atom stereocenters. The number of piperidine rings is 1. The van der Waals surface area contributed by atoms with Crippen LogP contribution in [0.3, 0.4) is 0 Å². The third kappa shape index (κ3) is 4.05. The molecule has 28 heavy (non-hydrogen) atoms. The van der Waals surface area contributed by atoms with Gasteiger partial charge in [0, 0.05) is 25.9 Å². The Labute approximate surface area is 158 Å². The van der Waals surface area contributed by atoms with Crippen molar-refractivity contribution < 1.29 is 22.4 Å². The number of para-hydroxylation sites is 1. The van der Waals surface area contributed by atoms with Crippen molar-refractivity contribution in [3.63, 3.8) is 0 Å². The number of benzene rings is 1. The van der Waals surface area contributed by atoms with Crippen LogP contribution in [0.2, 0.25) is 0 Å². The van der Waals surface area contributed by atoms with Crippen molar-refractivity contribution in [3.05, 3.63) is 48.4 Å². The maximum atomic E-state index is 12.5. The first-order valence-electron chi connectivity index (χ1n) is 8.71. The number of anilines is 1. The third-order valence-electron chi connectivity index (χ3n) is 4.36. The smallest absolute Gasteiger partial charge is 0.471 e. The van der Waals surface area contributed by atoms with Gasteiger partial charge in [0.2, 0.25) is 5.82 Å². The molecule has 0 radical (unpaired) electrons. The van der Waals surface area contributed by atoms with Crippen molar-refractivity contribution in [2.24, 2.45) is 0 Å². The van der Waals surface area contributed by atoms with Gasteiger partial charge in [0.1, 0.15) is 17.5 Å². The summed E-state index contributed by atoms with van der Waals surface area (Å²) in [5.41, 5.74) is 0.116. The van der Waals surface area contributed by atoms with Crippen molar-refractivity contribution in [1.82, 2.24) is 20.3 Å². The van der Waals surface area contributed by atoms with E-state index in [1.54, 1.807) is 6.07 Å². The van der Waals surface area contributed by atoms with Crippen LogP contribution >= 0.6 is 0 Å². The fourth-order valence-electron chi connectivity index (χ4n) is 2.95. The Morgan fingerprint density at radius 1 is 1.00 bits per heavy atom. The molecule has 1 saturated heterocycles. The first kappa shape index (κ1) is 18.2. The van der Waals surface area contributed by atoms with Gasteiger partial charge in [-0.2, -0.15) is 18.2 Å². The summed E-state index contributed by atoms with van der Waals surface area (Å²) in [6.45, 7) is 1.48. The van der Waals surface area contributed by atoms with E-state index in [2.05, 4.69) is 29.8 Å². The minimum Gasteiger partial charge on any atom is -0.490 e. The molecule has 0 atom stereocenters. The Morgan fingerprint density at radius 2 is 1.75 bits per heavy atom. The van der Waals surface area contributed by atoms with Crippen LogP contribution in [0.5, 0.6) is 5.75 Å². The molecule has 0 spiro atoms. The lowest BCUT2D eigenvalue weighted by Gasteiger charge is -2.32. The summed E-state index contributed by atoms with van der Waals surface area (Å²) in [4.78, 5) is 5.36. The predicted octanol–water partition coefficient (Wildman–Crippen LogP) is 3.59. The summed E-state index contributed by atoms with van der Waals surface area (Å²) in [6, 6.07) is 12.9. The maximum Gasteiger partial charge on any atom is 0.471 e. The van der Waals surface area contributed by atoms with Gasteiger partial charge >= 0.3 is 12.1 Å². The second-order valence-corrected chi connectivity index (χ2v) is 6.31. The highest BCUT2D eigenvalue weighted by Gasteiger charge is 2.38. The van der Waals surface area contributed by atoms with E-state index in [0.717, 1.165) is 31.7 Å². The number of alkyl halides is 3. The number of aromatic nitrogens is 4. The number of halogens is 3. The average molecular weight is 391 g/mol. The minimum absolute atomic E-state index is 0.116. The number of hydrogen-bond donors (Lipinski definition) is 0. The summed E-state index contributed by atoms with van der Waals surface area (Å²) in [5, 5.41) is 11.3. The minimum atomic E-state index is -4.69. The van der Waals surface area contributed by atoms with Crippen LogP contribution in [-0.4, -0.2) is 39.5 Å². The summed E-state index contributed by atoms with van der Waals surface area (Å²) >= 11 is 0. The van der Waals surface area contributed by atoms with Crippen molar-refractivity contribution in [3.8, 4) is 17.3 Å². The Balaban J connectivity index is 1.36. The van der Waals surface area contributed by atoms with Crippen molar-refractivity contribution in [1.29, 1.82) is 0 Å². The third-order valence-corrected chi connectivity index (χ3v) is 4.36. The standard InChI is InChI=1S/C18H16F3N5O2/c19-18(20,21)17-22-16(25-28-17)14-6-7-15(24-23-14)26-10-8-13(9-11-26)27-12-4-2-1-3-5-12/h1-7,13H,8-11H2. The molecule has 3 aromatic rings. The number of rotatable bonds is 4. The van der Waals surface area contributed by atoms with Crippen LogP contribution in [-0.2, 0) is 6.18 Å². The van der Waals surface area contributed by atoms with E-state index >= 15 is 0 Å². The molecule has 0 saturated carbocycles. The van der Waals surface area contributed by atoms with Crippen LogP contribution in [0.4, 0.5) is 19.0 Å². The molecule has 146 valence electrons. The molecule has 7 nitrogen and oxygen atoms in total. The molecule has 3 heterocycles. The van der Waals surface area contributed by atoms with E-state index in [0.29, 0.717) is 5.82 Å². The largest absolute Gasteiger partial charge is 0.490 e. The van der Waals surface area contributed by atoms with Crippen LogP contribution in [0, 0.1) is 0 Å². The van der Waals surface area contributed by atoms with Gasteiger partial charge in [-0.3, -0.25) is 0 Å². The van der Waals surface area contributed by atoms with E-state index in [1.165, 1.54) is 6.07 Å². The molecule has 10 heteroatoms. The molecular formula is C18H16F3N5O2. The fraction of sp³-hybridized carbons (Fsp3) is 0.333. The highest BCUT2D eigenvalue weighted by Crippen LogP contribution is 2.29. The molecule has 2 aromatic heterocycles. The Kier molecular flexibility index (Phi) is 4.84. The highest BCUT2D eigenvalue weighted by atomic mass is 19.4. The summed E-state index contributed by atoms with van der Waals surface area (Å²) in [5.74, 6) is -0.167. The normalized spacial score (nSPS) is 15.6. The highest BCUT2D eigenvalue weighted by molar-refractivity contribution is 5.50. The zero-order valence-corrected chi connectivity index (χ0v) is 14.6. The lowest BCUT2D eigenvalue weighted by Crippen LogP contribution is -2.38. The van der Waals surface area contributed by atoms with Crippen molar-refractivity contribution in [2.75, 3.05) is 18.0 Å². The maximum absolute atomic E-state index is 12.5. The van der Waals surface area contributed by atoms with Crippen LogP contribution in [0.25, 0.3) is 11.5 Å². The van der Waals surface area contributed by atoms with Gasteiger partial charge in [-0.15, -0.1) is 10.2 Å². The molecular weight excluding hydrogens is 375 g/mol. The molecule has 1 aliphatic heterocycles. The Bertz CT molecular complexity index is 907. The molecule has 1 fully saturated rings. The van der Waals surface area contributed by atoms with Crippen molar-refractivity contribution in [2.45, 2.75) is 25.1 Å². The molecule has 0 amide bonds. The zero-order valence-electron chi connectivity index (χ0n) is 14.6. The van der Waals surface area contributed by atoms with Gasteiger partial charge in [0.25, 0.3) is 0 Å². The molecule has 4 rings (SSSR count). The van der Waals surface area contributed by atoms with E-state index < -0.39 is 12.1 Å². The quantitative estimate of drug-likeness (QED) is 0.673. The SMILES string of the molecule is FC(F)(F)c1nc(-c2ccc(N3CCC(Oc4ccccc4)CC3)nn2)no1. The van der Waals surface area contributed by atoms with Gasteiger partial charge in [-0.1, -0.05) is 23.4 Å². The topological polar surface area (TPSA) is 77.2 Å². The Hall–Kier alpha value is -3.17. The monoisotopic (exact) mass is 391 g/mol. The second-order valence-electron chi connectivity index (χ2n) is 6.31. The molecule has 1 aromatic carbocycles. The van der Waals surface area contributed by atoms with Crippen LogP contribution in [0.1, 0.15) is 18.7 Å². The van der Waals surface area contributed by atoms with Gasteiger partial charge in [0.15, 0.2) is 5.82 Å². The lowest BCUT2D eigenvalue weighted by molar-refractivity contribution is -0.159. The summed E-state index contributed by atoms with van der Waals surface area (Å²) < 4.78 is 47.8. The van der Waals surface area contributed by atoms with Crippen molar-refractivity contribution >= 4 is 5.82 Å². The van der Waals surface area contributed by atoms with Gasteiger partial charge < -0.3 is 14.2 Å². The lowest BCUT2D eigenvalue weighted by atomic mass is 10.1. The number of ether oxygens (including phenoxy) is 1. The van der Waals surface area contributed by atoms with E-state index in [9.17, 15) is 13.2 Å². The molecule has 1 aliphatic rings. The molecule has 0 aliphatic carbocycles. The number of nitrogens with zero attached hydrogens (tertiary/aromatic N) is 5. The first-order chi connectivity index (χ1) is 13.5. The zero-order chi connectivity index (χ0) is 19.6. The molecule has 0 bridgehead atoms. The van der Waals surface area contributed by atoms with Crippen LogP contribution < -0.4 is 9.64 Å². The summed E-state index contributed by atoms with van der Waals surface area (Å²) in [7, 11) is 0. The van der Waals surface area contributed by atoms with E-state index in [-0.39, 0.29) is 17.6 Å². The summed E-state index contributed by atoms with van der Waals surface area (Å²) in [6.07, 6.45) is -2.90. The fourth-order valence-corrected chi connectivity index (χ4v) is 2.95. The molecule has 0 N–H and O–H groups in total. The number of hydrogen-bond acceptors (Lipinski definition) is 7. The first-order valence-corrected chi connectivity index (χ1v) is 8.71. The second kappa shape index (κ2) is 7.45. The van der Waals surface area contributed by atoms with E-state index in [4.69, 9.17) is 4.74 Å². The van der Waals surface area contributed by atoms with Crippen LogP contribution in [0.15, 0.2) is 47.0 Å². The predicted molar refractivity (Wildman–Crippen MR) is 92.6 cm³/mol. The van der Waals surface area contributed by atoms with E-state index in [1.807, 2.05) is 30.3 Å². The van der Waals surface area contributed by atoms with Gasteiger partial charge in [-0.25, -0.2) is 0 Å². The van der Waals surface area contributed by atoms with Gasteiger partial charge in [-0.05, 0) is 24.3 Å². The van der Waals surface area contributed by atoms with Gasteiger partial charge in [0.05, 0.1) is 0 Å². The average Bonchev–Trinajstić information content (AvgIpc) is 3.20.